The van der Waals surface area contributed by atoms with E-state index in [0.29, 0.717) is 23.5 Å². The van der Waals surface area contributed by atoms with Crippen LogP contribution in [0.3, 0.4) is 0 Å². The lowest BCUT2D eigenvalue weighted by Gasteiger charge is -2.41. The Kier molecular flexibility index (Phi) is 6.89. The van der Waals surface area contributed by atoms with E-state index >= 15 is 0 Å². The molecule has 3 nitrogen and oxygen atoms in total. The Morgan fingerprint density at radius 3 is 2.76 bits per heavy atom. The first-order valence-corrected chi connectivity index (χ1v) is 11.0. The van der Waals surface area contributed by atoms with E-state index in [4.69, 9.17) is 22.1 Å². The van der Waals surface area contributed by atoms with Crippen molar-refractivity contribution >= 4 is 23.1 Å². The third-order valence-electron chi connectivity index (χ3n) is 6.69. The van der Waals surface area contributed by atoms with Gasteiger partial charge in [0, 0.05) is 16.6 Å². The van der Waals surface area contributed by atoms with E-state index in [1.807, 2.05) is 56.3 Å². The van der Waals surface area contributed by atoms with Crippen molar-refractivity contribution in [1.29, 1.82) is 0 Å². The number of nitrogens with two attached hydrogens (primary N) is 1. The minimum absolute atomic E-state index is 0.0209. The fourth-order valence-corrected chi connectivity index (χ4v) is 5.37. The van der Waals surface area contributed by atoms with Crippen LogP contribution in [0, 0.1) is 29.6 Å². The summed E-state index contributed by atoms with van der Waals surface area (Å²) in [4.78, 5) is 12.3. The molecule has 4 heteroatoms. The highest BCUT2D eigenvalue weighted by Gasteiger charge is 2.52. The van der Waals surface area contributed by atoms with Crippen LogP contribution in [0.5, 0.6) is 0 Å². The summed E-state index contributed by atoms with van der Waals surface area (Å²) in [5.41, 5.74) is 9.16. The third-order valence-corrected chi connectivity index (χ3v) is 6.93. The van der Waals surface area contributed by atoms with Crippen molar-refractivity contribution < 1.29 is 9.53 Å². The van der Waals surface area contributed by atoms with E-state index in [-0.39, 0.29) is 23.9 Å². The van der Waals surface area contributed by atoms with Gasteiger partial charge >= 0.3 is 5.97 Å². The molecule has 0 spiro atoms. The highest BCUT2D eigenvalue weighted by Crippen LogP contribution is 2.50. The number of allylic oxidation sites excluding steroid dienone is 5. The molecular formula is C25H32ClNO2. The first-order chi connectivity index (χ1) is 13.8. The summed E-state index contributed by atoms with van der Waals surface area (Å²) in [5, 5.41) is 0.723. The van der Waals surface area contributed by atoms with E-state index in [9.17, 15) is 4.79 Å². The minimum Gasteiger partial charge on any atom is -0.462 e. The normalized spacial score (nSPS) is 33.1. The standard InChI is InChI=1S/C25H32ClNO2/c1-5-21-16(3)13-23-24(17(4)29-25(23)28)22(21)12-11-20(27)10-9-15(2)18-7-6-8-19(26)14-18/h6-12,14,16-17,21-24H,5,13,27H2,1-4H3/b12-11+,15-9+,20-10-/t16?,17?,21-,22?,23?,24?/m1/s1. The van der Waals surface area contributed by atoms with Gasteiger partial charge in [0.05, 0.1) is 5.92 Å². The molecule has 3 rings (SSSR count). The Morgan fingerprint density at radius 1 is 1.31 bits per heavy atom. The third kappa shape index (κ3) is 4.78. The summed E-state index contributed by atoms with van der Waals surface area (Å²) in [6.45, 7) is 8.57. The summed E-state index contributed by atoms with van der Waals surface area (Å²) in [7, 11) is 0. The number of cyclic esters (lactones) is 1. The van der Waals surface area contributed by atoms with Gasteiger partial charge in [-0.05, 0) is 73.4 Å². The van der Waals surface area contributed by atoms with Crippen LogP contribution in [-0.2, 0) is 9.53 Å². The number of benzene rings is 1. The second-order valence-corrected chi connectivity index (χ2v) is 9.01. The zero-order valence-corrected chi connectivity index (χ0v) is 18.5. The van der Waals surface area contributed by atoms with Crippen LogP contribution in [0.1, 0.15) is 46.1 Å². The molecule has 156 valence electrons. The fourth-order valence-electron chi connectivity index (χ4n) is 5.18. The molecule has 0 aromatic heterocycles. The molecule has 2 fully saturated rings. The molecule has 1 saturated carbocycles. The predicted molar refractivity (Wildman–Crippen MR) is 120 cm³/mol. The number of esters is 1. The number of carbonyl (C=O) groups is 1. The maximum atomic E-state index is 12.3. The molecule has 1 heterocycles. The molecule has 0 bridgehead atoms. The Bertz CT molecular complexity index is 841. The van der Waals surface area contributed by atoms with E-state index in [1.165, 1.54) is 0 Å². The lowest BCUT2D eigenvalue weighted by molar-refractivity contribution is -0.144. The van der Waals surface area contributed by atoms with Gasteiger partial charge < -0.3 is 10.5 Å². The minimum atomic E-state index is -0.0288. The van der Waals surface area contributed by atoms with E-state index in [0.717, 1.165) is 29.0 Å². The number of hydrogen-bond acceptors (Lipinski definition) is 3. The van der Waals surface area contributed by atoms with Crippen molar-refractivity contribution in [3.63, 3.8) is 0 Å². The lowest BCUT2D eigenvalue weighted by atomic mass is 9.61. The van der Waals surface area contributed by atoms with Gasteiger partial charge in [-0.15, -0.1) is 0 Å². The molecular weight excluding hydrogens is 382 g/mol. The maximum Gasteiger partial charge on any atom is 0.309 e. The molecule has 29 heavy (non-hydrogen) atoms. The Hall–Kier alpha value is -2.00. The van der Waals surface area contributed by atoms with E-state index in [2.05, 4.69) is 19.9 Å². The van der Waals surface area contributed by atoms with E-state index in [1.54, 1.807) is 0 Å². The molecule has 2 aliphatic rings. The molecule has 1 aliphatic heterocycles. The van der Waals surface area contributed by atoms with Gasteiger partial charge in [-0.25, -0.2) is 0 Å². The topological polar surface area (TPSA) is 52.3 Å². The largest absolute Gasteiger partial charge is 0.462 e. The van der Waals surface area contributed by atoms with Crippen molar-refractivity contribution in [2.75, 3.05) is 0 Å². The number of carbonyl (C=O) groups excluding carboxylic acids is 1. The summed E-state index contributed by atoms with van der Waals surface area (Å²) in [5.74, 6) is 1.60. The highest BCUT2D eigenvalue weighted by molar-refractivity contribution is 6.30. The number of rotatable bonds is 5. The first-order valence-electron chi connectivity index (χ1n) is 10.6. The van der Waals surface area contributed by atoms with Crippen LogP contribution in [-0.4, -0.2) is 12.1 Å². The zero-order chi connectivity index (χ0) is 21.1. The quantitative estimate of drug-likeness (QED) is 0.475. The van der Waals surface area contributed by atoms with Gasteiger partial charge in [-0.1, -0.05) is 56.2 Å². The fraction of sp³-hybridized carbons (Fsp3) is 0.480. The van der Waals surface area contributed by atoms with Gasteiger partial charge in [0.1, 0.15) is 6.10 Å². The van der Waals surface area contributed by atoms with Crippen LogP contribution in [0.2, 0.25) is 5.02 Å². The van der Waals surface area contributed by atoms with E-state index < -0.39 is 0 Å². The average Bonchev–Trinajstić information content (AvgIpc) is 2.97. The van der Waals surface area contributed by atoms with Crippen molar-refractivity contribution in [2.45, 2.75) is 46.6 Å². The van der Waals surface area contributed by atoms with Crippen LogP contribution in [0.4, 0.5) is 0 Å². The van der Waals surface area contributed by atoms with Crippen molar-refractivity contribution in [2.24, 2.45) is 35.3 Å². The highest BCUT2D eigenvalue weighted by atomic mass is 35.5. The Morgan fingerprint density at radius 2 is 2.07 bits per heavy atom. The summed E-state index contributed by atoms with van der Waals surface area (Å²) in [6, 6.07) is 7.79. The molecule has 1 saturated heterocycles. The lowest BCUT2D eigenvalue weighted by Crippen LogP contribution is -2.40. The van der Waals surface area contributed by atoms with Crippen LogP contribution >= 0.6 is 11.6 Å². The van der Waals surface area contributed by atoms with Crippen LogP contribution in [0.15, 0.2) is 54.3 Å². The monoisotopic (exact) mass is 413 g/mol. The molecule has 1 aromatic rings. The molecule has 6 atom stereocenters. The summed E-state index contributed by atoms with van der Waals surface area (Å²) in [6.07, 6.45) is 10.2. The van der Waals surface area contributed by atoms with Gasteiger partial charge in [-0.2, -0.15) is 0 Å². The average molecular weight is 414 g/mol. The van der Waals surface area contributed by atoms with Crippen molar-refractivity contribution in [3.8, 4) is 0 Å². The van der Waals surface area contributed by atoms with Crippen molar-refractivity contribution in [3.05, 3.63) is 64.9 Å². The van der Waals surface area contributed by atoms with Gasteiger partial charge in [0.2, 0.25) is 0 Å². The maximum absolute atomic E-state index is 12.3. The Labute approximate surface area is 179 Å². The summed E-state index contributed by atoms with van der Waals surface area (Å²) < 4.78 is 5.59. The predicted octanol–water partition coefficient (Wildman–Crippen LogP) is 6.00. The number of ether oxygens (including phenoxy) is 1. The molecule has 2 N–H and O–H groups in total. The Balaban J connectivity index is 1.79. The smallest absolute Gasteiger partial charge is 0.309 e. The second-order valence-electron chi connectivity index (χ2n) is 8.57. The number of fused-ring (bicyclic) bond motifs is 1. The van der Waals surface area contributed by atoms with Gasteiger partial charge in [0.25, 0.3) is 0 Å². The molecule has 1 aromatic carbocycles. The first kappa shape index (κ1) is 21.7. The number of hydrogen-bond donors (Lipinski definition) is 1. The SMILES string of the molecule is CC[C@@H]1C(C)CC2C(=O)OC(C)C2C1/C=C/C(N)=C/C=C(\C)c1cccc(Cl)c1. The number of halogens is 1. The molecule has 0 amide bonds. The zero-order valence-electron chi connectivity index (χ0n) is 17.8. The molecule has 1 aliphatic carbocycles. The van der Waals surface area contributed by atoms with Crippen molar-refractivity contribution in [1.82, 2.24) is 0 Å². The summed E-state index contributed by atoms with van der Waals surface area (Å²) >= 11 is 6.08. The van der Waals surface area contributed by atoms with Crippen LogP contribution in [0.25, 0.3) is 5.57 Å². The van der Waals surface area contributed by atoms with Gasteiger partial charge in [0.15, 0.2) is 0 Å². The van der Waals surface area contributed by atoms with Gasteiger partial charge in [-0.3, -0.25) is 4.79 Å². The second kappa shape index (κ2) is 9.21. The van der Waals surface area contributed by atoms with Crippen LogP contribution < -0.4 is 5.73 Å². The molecule has 0 radical (unpaired) electrons. The molecule has 5 unspecified atom stereocenters.